The fourth-order valence-corrected chi connectivity index (χ4v) is 5.24. The first-order valence-corrected chi connectivity index (χ1v) is 10.9. The lowest BCUT2D eigenvalue weighted by atomic mass is 9.98. The maximum absolute atomic E-state index is 13.5. The molecule has 6 nitrogen and oxygen atoms in total. The molecular weight excluding hydrogens is 491 g/mol. The Kier molecular flexibility index (Phi) is 5.33. The summed E-state index contributed by atoms with van der Waals surface area (Å²) in [7, 11) is 1.61. The number of hydrogen-bond acceptors (Lipinski definition) is 3. The van der Waals surface area contributed by atoms with Gasteiger partial charge >= 0.3 is 0 Å². The summed E-state index contributed by atoms with van der Waals surface area (Å²) in [5.74, 6) is -0.344. The van der Waals surface area contributed by atoms with Crippen LogP contribution < -0.4 is 10.5 Å². The third-order valence-corrected chi connectivity index (χ3v) is 6.28. The summed E-state index contributed by atoms with van der Waals surface area (Å²) in [4.78, 5) is 32.5. The number of benzene rings is 1. The Balaban J connectivity index is 2.06. The Bertz CT molecular complexity index is 1250. The molecule has 0 spiro atoms. The van der Waals surface area contributed by atoms with Crippen LogP contribution in [0.15, 0.2) is 40.0 Å². The number of hydrogen-bond donors (Lipinski definition) is 0. The van der Waals surface area contributed by atoms with Crippen molar-refractivity contribution in [3.8, 4) is 0 Å². The number of rotatable bonds is 3. The fraction of sp³-hybridized carbons (Fsp3) is 0.286. The molecule has 0 N–H and O–H groups in total. The Hall–Kier alpha value is -2.09. The third-order valence-electron chi connectivity index (χ3n) is 5.28. The molecule has 3 aromatic rings. The smallest absolute Gasteiger partial charge is 0.279 e. The van der Waals surface area contributed by atoms with E-state index >= 15 is 0 Å². The number of imidazole rings is 1. The first kappa shape index (κ1) is 21.2. The minimum atomic E-state index is -0.544. The molecule has 0 bridgehead atoms. The first-order valence-electron chi connectivity index (χ1n) is 9.35. The van der Waals surface area contributed by atoms with Crippen LogP contribution in [0.2, 0.25) is 10.0 Å². The zero-order valence-electron chi connectivity index (χ0n) is 16.8. The Morgan fingerprint density at radius 3 is 2.47 bits per heavy atom. The molecule has 9 heteroatoms. The Morgan fingerprint density at radius 1 is 1.13 bits per heavy atom. The molecule has 156 valence electrons. The molecule has 1 unspecified atom stereocenters. The van der Waals surface area contributed by atoms with Gasteiger partial charge < -0.3 is 9.13 Å². The molecule has 0 radical (unpaired) electrons. The number of anilines is 1. The van der Waals surface area contributed by atoms with Crippen LogP contribution in [0.25, 0.3) is 0 Å². The molecule has 0 saturated heterocycles. The Morgan fingerprint density at radius 2 is 1.83 bits per heavy atom. The van der Waals surface area contributed by atoms with Gasteiger partial charge in [0.2, 0.25) is 0 Å². The van der Waals surface area contributed by atoms with E-state index in [-0.39, 0.29) is 23.2 Å². The number of carbonyl (C=O) groups excluding carboxylic acids is 1. The monoisotopic (exact) mass is 508 g/mol. The van der Waals surface area contributed by atoms with Crippen molar-refractivity contribution >= 4 is 50.7 Å². The largest absolute Gasteiger partial charge is 0.317 e. The number of carbonyl (C=O) groups is 1. The van der Waals surface area contributed by atoms with Crippen LogP contribution in [-0.4, -0.2) is 20.0 Å². The van der Waals surface area contributed by atoms with Crippen LogP contribution in [-0.2, 0) is 7.05 Å². The van der Waals surface area contributed by atoms with E-state index in [2.05, 4.69) is 20.9 Å². The molecule has 1 atom stereocenters. The summed E-state index contributed by atoms with van der Waals surface area (Å²) >= 11 is 15.9. The van der Waals surface area contributed by atoms with Crippen molar-refractivity contribution in [2.24, 2.45) is 7.05 Å². The van der Waals surface area contributed by atoms with Crippen LogP contribution >= 0.6 is 39.1 Å². The van der Waals surface area contributed by atoms with E-state index in [9.17, 15) is 9.59 Å². The number of halogens is 3. The maximum Gasteiger partial charge on any atom is 0.279 e. The molecule has 4 rings (SSSR count). The van der Waals surface area contributed by atoms with Crippen LogP contribution in [0.4, 0.5) is 5.69 Å². The van der Waals surface area contributed by atoms with Crippen LogP contribution in [0.1, 0.15) is 53.2 Å². The van der Waals surface area contributed by atoms with E-state index in [4.69, 9.17) is 23.2 Å². The lowest BCUT2D eigenvalue weighted by Gasteiger charge is -2.28. The minimum absolute atomic E-state index is 0.0423. The Labute approximate surface area is 192 Å². The highest BCUT2D eigenvalue weighted by molar-refractivity contribution is 9.10. The zero-order valence-corrected chi connectivity index (χ0v) is 19.9. The highest BCUT2D eigenvalue weighted by Crippen LogP contribution is 2.44. The predicted octanol–water partition coefficient (Wildman–Crippen LogP) is 5.29. The molecule has 30 heavy (non-hydrogen) atoms. The number of amides is 1. The molecule has 1 aliphatic heterocycles. The van der Waals surface area contributed by atoms with Crippen molar-refractivity contribution in [1.29, 1.82) is 0 Å². The minimum Gasteiger partial charge on any atom is -0.317 e. The fourth-order valence-electron chi connectivity index (χ4n) is 3.99. The summed E-state index contributed by atoms with van der Waals surface area (Å²) in [6, 6.07) is 6.54. The highest BCUT2D eigenvalue weighted by atomic mass is 79.9. The second-order valence-electron chi connectivity index (χ2n) is 7.62. The van der Waals surface area contributed by atoms with E-state index in [0.29, 0.717) is 20.5 Å². The molecule has 0 saturated carbocycles. The number of fused-ring (bicyclic) bond motifs is 1. The summed E-state index contributed by atoms with van der Waals surface area (Å²) in [5.41, 5.74) is 2.71. The van der Waals surface area contributed by atoms with Gasteiger partial charge in [0.05, 0.1) is 10.7 Å². The standard InChI is InChI=1S/C21H19BrCl2N4O2/c1-10(2)27-18-16(25-21(27)22)20(30)28(15-8-13(24)9-26(4)19(15)29)17(18)14-6-5-12(23)7-11(14)3/h5-10,17H,1-4H3. The van der Waals surface area contributed by atoms with Crippen LogP contribution in [0, 0.1) is 6.92 Å². The van der Waals surface area contributed by atoms with Crippen LogP contribution in [0.3, 0.4) is 0 Å². The quantitative estimate of drug-likeness (QED) is 0.482. The average molecular weight is 510 g/mol. The molecule has 1 aromatic carbocycles. The van der Waals surface area contributed by atoms with Gasteiger partial charge in [-0.2, -0.15) is 0 Å². The van der Waals surface area contributed by atoms with Crippen molar-refractivity contribution in [1.82, 2.24) is 14.1 Å². The van der Waals surface area contributed by atoms with Gasteiger partial charge in [0.15, 0.2) is 10.4 Å². The second-order valence-corrected chi connectivity index (χ2v) is 9.20. The predicted molar refractivity (Wildman–Crippen MR) is 122 cm³/mol. The summed E-state index contributed by atoms with van der Waals surface area (Å²) in [5, 5.41) is 0.966. The molecule has 1 aliphatic rings. The van der Waals surface area contributed by atoms with Gasteiger partial charge in [0, 0.05) is 24.3 Å². The molecule has 2 aromatic heterocycles. The SMILES string of the molecule is Cc1cc(Cl)ccc1C1c2c(nc(Br)n2C(C)C)C(=O)N1c1cc(Cl)cn(C)c1=O. The second kappa shape index (κ2) is 7.55. The van der Waals surface area contributed by atoms with Crippen molar-refractivity contribution in [2.45, 2.75) is 32.9 Å². The van der Waals surface area contributed by atoms with E-state index < -0.39 is 6.04 Å². The lowest BCUT2D eigenvalue weighted by molar-refractivity contribution is 0.0989. The van der Waals surface area contributed by atoms with Gasteiger partial charge in [-0.1, -0.05) is 29.3 Å². The summed E-state index contributed by atoms with van der Waals surface area (Å²) in [6.07, 6.45) is 1.52. The number of aryl methyl sites for hydroxylation is 2. The van der Waals surface area contributed by atoms with Crippen LogP contribution in [0.5, 0.6) is 0 Å². The first-order chi connectivity index (χ1) is 14.1. The molecule has 3 heterocycles. The van der Waals surface area contributed by atoms with E-state index in [1.54, 1.807) is 13.1 Å². The molecule has 0 aliphatic carbocycles. The lowest BCUT2D eigenvalue weighted by Crippen LogP contribution is -2.36. The number of nitrogens with zero attached hydrogens (tertiary/aromatic N) is 4. The number of pyridine rings is 1. The van der Waals surface area contributed by atoms with Crippen molar-refractivity contribution in [3.05, 3.63) is 78.1 Å². The van der Waals surface area contributed by atoms with Gasteiger partial charge in [0.1, 0.15) is 11.7 Å². The van der Waals surface area contributed by atoms with Crippen molar-refractivity contribution in [3.63, 3.8) is 0 Å². The van der Waals surface area contributed by atoms with Crippen molar-refractivity contribution in [2.75, 3.05) is 4.90 Å². The van der Waals surface area contributed by atoms with Gasteiger partial charge in [-0.3, -0.25) is 14.5 Å². The van der Waals surface area contributed by atoms with E-state index in [1.807, 2.05) is 37.5 Å². The normalized spacial score (nSPS) is 15.9. The topological polar surface area (TPSA) is 60.1 Å². The maximum atomic E-state index is 13.5. The van der Waals surface area contributed by atoms with Gasteiger partial charge in [-0.25, -0.2) is 4.98 Å². The highest BCUT2D eigenvalue weighted by Gasteiger charge is 2.45. The molecule has 1 amide bonds. The summed E-state index contributed by atoms with van der Waals surface area (Å²) < 4.78 is 3.92. The summed E-state index contributed by atoms with van der Waals surface area (Å²) in [6.45, 7) is 5.97. The average Bonchev–Trinajstić information content (AvgIpc) is 3.12. The number of aromatic nitrogens is 3. The van der Waals surface area contributed by atoms with Gasteiger partial charge in [0.25, 0.3) is 11.5 Å². The third kappa shape index (κ3) is 3.20. The zero-order chi connectivity index (χ0) is 21.9. The van der Waals surface area contributed by atoms with Gasteiger partial charge in [-0.05, 0) is 66.0 Å². The van der Waals surface area contributed by atoms with Crippen molar-refractivity contribution < 1.29 is 4.79 Å². The van der Waals surface area contributed by atoms with Gasteiger partial charge in [-0.15, -0.1) is 0 Å². The molecule has 0 fully saturated rings. The van der Waals surface area contributed by atoms with E-state index in [0.717, 1.165) is 16.8 Å². The van der Waals surface area contributed by atoms with E-state index in [1.165, 1.54) is 21.7 Å². The molecular formula is C21H19BrCl2N4O2.